The van der Waals surface area contributed by atoms with Crippen molar-refractivity contribution in [1.82, 2.24) is 15.2 Å². The van der Waals surface area contributed by atoms with E-state index < -0.39 is 0 Å². The summed E-state index contributed by atoms with van der Waals surface area (Å²) in [5, 5.41) is 3.62. The van der Waals surface area contributed by atoms with Gasteiger partial charge in [0.15, 0.2) is 0 Å². The second-order valence-corrected chi connectivity index (χ2v) is 6.25. The van der Waals surface area contributed by atoms with Gasteiger partial charge < -0.3 is 10.2 Å². The fourth-order valence-electron chi connectivity index (χ4n) is 3.15. The number of thiazole rings is 1. The number of fused-ring (bicyclic) bond motifs is 1. The number of rotatable bonds is 3. The Balaban J connectivity index is 1.51. The van der Waals surface area contributed by atoms with Gasteiger partial charge in [-0.3, -0.25) is 0 Å². The average Bonchev–Trinajstić information content (AvgIpc) is 2.94. The molecule has 0 radical (unpaired) electrons. The van der Waals surface area contributed by atoms with Gasteiger partial charge in [-0.15, -0.1) is 11.3 Å². The lowest BCUT2D eigenvalue weighted by molar-refractivity contribution is 0.164. The van der Waals surface area contributed by atoms with Gasteiger partial charge in [-0.05, 0) is 45.2 Å². The van der Waals surface area contributed by atoms with Crippen molar-refractivity contribution >= 4 is 11.3 Å². The van der Waals surface area contributed by atoms with Crippen LogP contribution >= 0.6 is 11.3 Å². The van der Waals surface area contributed by atoms with Gasteiger partial charge in [0, 0.05) is 24.0 Å². The predicted molar refractivity (Wildman–Crippen MR) is 71.5 cm³/mol. The molecule has 3 rings (SSSR count). The number of nitrogens with zero attached hydrogens (tertiary/aromatic N) is 2. The quantitative estimate of drug-likeness (QED) is 0.886. The molecular formula is C13H21N3S. The molecule has 2 unspecified atom stereocenters. The van der Waals surface area contributed by atoms with E-state index in [4.69, 9.17) is 0 Å². The Morgan fingerprint density at radius 2 is 2.47 bits per heavy atom. The number of aryl methyl sites for hydroxylation is 1. The van der Waals surface area contributed by atoms with Crippen LogP contribution < -0.4 is 5.32 Å². The van der Waals surface area contributed by atoms with Crippen LogP contribution in [0.3, 0.4) is 0 Å². The van der Waals surface area contributed by atoms with E-state index >= 15 is 0 Å². The Labute approximate surface area is 107 Å². The van der Waals surface area contributed by atoms with Gasteiger partial charge in [0.2, 0.25) is 0 Å². The van der Waals surface area contributed by atoms with E-state index in [1.807, 2.05) is 16.8 Å². The average molecular weight is 251 g/mol. The molecule has 2 aliphatic heterocycles. The highest BCUT2D eigenvalue weighted by atomic mass is 32.1. The molecule has 1 N–H and O–H groups in total. The predicted octanol–water partition coefficient (Wildman–Crippen LogP) is 1.68. The zero-order valence-electron chi connectivity index (χ0n) is 10.5. The minimum atomic E-state index is 0.816. The van der Waals surface area contributed by atoms with Crippen molar-refractivity contribution in [2.45, 2.75) is 32.2 Å². The van der Waals surface area contributed by atoms with Gasteiger partial charge in [-0.2, -0.15) is 0 Å². The molecule has 3 heterocycles. The van der Waals surface area contributed by atoms with Crippen molar-refractivity contribution in [1.29, 1.82) is 0 Å². The van der Waals surface area contributed by atoms with Crippen molar-refractivity contribution in [2.24, 2.45) is 5.92 Å². The van der Waals surface area contributed by atoms with Crippen LogP contribution in [0.25, 0.3) is 0 Å². The third-order valence-corrected chi connectivity index (χ3v) is 5.23. The third-order valence-electron chi connectivity index (χ3n) is 4.24. The highest BCUT2D eigenvalue weighted by molar-refractivity contribution is 7.09. The maximum Gasteiger partial charge on any atom is 0.0797 e. The summed E-state index contributed by atoms with van der Waals surface area (Å²) in [5.74, 6) is 0.909. The van der Waals surface area contributed by atoms with Gasteiger partial charge in [-0.1, -0.05) is 0 Å². The van der Waals surface area contributed by atoms with Crippen molar-refractivity contribution in [2.75, 3.05) is 26.2 Å². The molecule has 3 nitrogen and oxygen atoms in total. The standard InChI is InChI=1S/C13H21N3S/c1-10-13(17-9-15-10)4-7-16-6-3-12-11(8-16)2-5-14-12/h9,11-12,14H,2-8H2,1H3. The minimum absolute atomic E-state index is 0.816. The maximum absolute atomic E-state index is 4.32. The molecule has 0 saturated carbocycles. The molecule has 2 saturated heterocycles. The van der Waals surface area contributed by atoms with Gasteiger partial charge >= 0.3 is 0 Å². The molecule has 0 bridgehead atoms. The van der Waals surface area contributed by atoms with Crippen molar-refractivity contribution < 1.29 is 0 Å². The zero-order valence-corrected chi connectivity index (χ0v) is 11.3. The molecule has 2 atom stereocenters. The lowest BCUT2D eigenvalue weighted by Gasteiger charge is -2.34. The summed E-state index contributed by atoms with van der Waals surface area (Å²) >= 11 is 1.81. The van der Waals surface area contributed by atoms with Crippen LogP contribution in [0.1, 0.15) is 23.4 Å². The molecule has 94 valence electrons. The minimum Gasteiger partial charge on any atom is -0.314 e. The topological polar surface area (TPSA) is 28.2 Å². The molecule has 4 heteroatoms. The number of likely N-dealkylation sites (tertiary alicyclic amines) is 1. The smallest absolute Gasteiger partial charge is 0.0797 e. The maximum atomic E-state index is 4.32. The summed E-state index contributed by atoms with van der Waals surface area (Å²) in [6.07, 6.45) is 3.90. The summed E-state index contributed by atoms with van der Waals surface area (Å²) in [5.41, 5.74) is 3.20. The van der Waals surface area contributed by atoms with Crippen LogP contribution in [0.4, 0.5) is 0 Å². The SMILES string of the molecule is Cc1ncsc1CCN1CCC2NCCC2C1. The zero-order chi connectivity index (χ0) is 11.7. The Kier molecular flexibility index (Phi) is 3.45. The molecule has 0 spiro atoms. The van der Waals surface area contributed by atoms with Gasteiger partial charge in [-0.25, -0.2) is 4.98 Å². The van der Waals surface area contributed by atoms with E-state index in [0.29, 0.717) is 0 Å². The van der Waals surface area contributed by atoms with Crippen LogP contribution in [0.5, 0.6) is 0 Å². The van der Waals surface area contributed by atoms with Gasteiger partial charge in [0.25, 0.3) is 0 Å². The molecule has 17 heavy (non-hydrogen) atoms. The number of nitrogens with one attached hydrogen (secondary N) is 1. The Hall–Kier alpha value is -0.450. The fourth-order valence-corrected chi connectivity index (χ4v) is 3.92. The fraction of sp³-hybridized carbons (Fsp3) is 0.769. The van der Waals surface area contributed by atoms with E-state index in [1.54, 1.807) is 0 Å². The summed E-state index contributed by atoms with van der Waals surface area (Å²) in [7, 11) is 0. The number of hydrogen-bond donors (Lipinski definition) is 1. The van der Waals surface area contributed by atoms with Crippen molar-refractivity contribution in [3.8, 4) is 0 Å². The van der Waals surface area contributed by atoms with E-state index in [0.717, 1.165) is 12.0 Å². The van der Waals surface area contributed by atoms with Crippen molar-refractivity contribution in [3.63, 3.8) is 0 Å². The summed E-state index contributed by atoms with van der Waals surface area (Å²) in [6.45, 7) is 7.14. The number of piperidine rings is 1. The van der Waals surface area contributed by atoms with Gasteiger partial charge in [0.1, 0.15) is 0 Å². The van der Waals surface area contributed by atoms with E-state index in [1.165, 1.54) is 56.0 Å². The molecule has 0 amide bonds. The second kappa shape index (κ2) is 5.04. The molecule has 0 aliphatic carbocycles. The first-order chi connectivity index (χ1) is 8.33. The van der Waals surface area contributed by atoms with Crippen LogP contribution in [-0.2, 0) is 6.42 Å². The first-order valence-corrected chi connectivity index (χ1v) is 7.55. The number of hydrogen-bond acceptors (Lipinski definition) is 4. The van der Waals surface area contributed by atoms with Crippen LogP contribution in [0.2, 0.25) is 0 Å². The highest BCUT2D eigenvalue weighted by Crippen LogP contribution is 2.25. The lowest BCUT2D eigenvalue weighted by Crippen LogP contribution is -2.44. The number of aromatic nitrogens is 1. The third kappa shape index (κ3) is 2.54. The lowest BCUT2D eigenvalue weighted by atomic mass is 9.93. The Morgan fingerprint density at radius 3 is 3.29 bits per heavy atom. The Bertz CT molecular complexity index is 376. The summed E-state index contributed by atoms with van der Waals surface area (Å²) in [4.78, 5) is 8.44. The molecule has 1 aromatic rings. The first-order valence-electron chi connectivity index (χ1n) is 6.67. The van der Waals surface area contributed by atoms with E-state index in [2.05, 4.69) is 22.1 Å². The first kappa shape index (κ1) is 11.6. The molecule has 2 aliphatic rings. The molecular weight excluding hydrogens is 230 g/mol. The Morgan fingerprint density at radius 1 is 1.53 bits per heavy atom. The summed E-state index contributed by atoms with van der Waals surface area (Å²) < 4.78 is 0. The van der Waals surface area contributed by atoms with Crippen LogP contribution in [-0.4, -0.2) is 42.1 Å². The van der Waals surface area contributed by atoms with Crippen LogP contribution in [0.15, 0.2) is 5.51 Å². The summed E-state index contributed by atoms with van der Waals surface area (Å²) in [6, 6.07) is 0.816. The monoisotopic (exact) mass is 251 g/mol. The normalized spacial score (nSPS) is 29.5. The largest absolute Gasteiger partial charge is 0.314 e. The highest BCUT2D eigenvalue weighted by Gasteiger charge is 2.32. The van der Waals surface area contributed by atoms with Crippen molar-refractivity contribution in [3.05, 3.63) is 16.1 Å². The molecule has 1 aromatic heterocycles. The molecule has 2 fully saturated rings. The van der Waals surface area contributed by atoms with E-state index in [-0.39, 0.29) is 0 Å². The van der Waals surface area contributed by atoms with Gasteiger partial charge in [0.05, 0.1) is 11.2 Å². The second-order valence-electron chi connectivity index (χ2n) is 5.31. The van der Waals surface area contributed by atoms with Crippen LogP contribution in [0, 0.1) is 12.8 Å². The van der Waals surface area contributed by atoms with E-state index in [9.17, 15) is 0 Å². The molecule has 0 aromatic carbocycles.